The first-order valence-electron chi connectivity index (χ1n) is 7.17. The third-order valence-electron chi connectivity index (χ3n) is 2.93. The van der Waals surface area contributed by atoms with Crippen molar-refractivity contribution in [3.8, 4) is 5.75 Å². The molecule has 0 atom stereocenters. The fourth-order valence-electron chi connectivity index (χ4n) is 1.90. The molecule has 0 fully saturated rings. The Labute approximate surface area is 120 Å². The summed E-state index contributed by atoms with van der Waals surface area (Å²) in [6.45, 7) is 4.72. The van der Waals surface area contributed by atoms with Crippen molar-refractivity contribution in [1.29, 1.82) is 0 Å². The zero-order valence-corrected chi connectivity index (χ0v) is 12.0. The molecule has 0 aliphatic rings. The van der Waals surface area contributed by atoms with Gasteiger partial charge in [0.05, 0.1) is 12.9 Å². The average molecular weight is 274 g/mol. The molecule has 2 heterocycles. The summed E-state index contributed by atoms with van der Waals surface area (Å²) in [5, 5.41) is 3.34. The van der Waals surface area contributed by atoms with Crippen molar-refractivity contribution in [1.82, 2.24) is 14.5 Å². The zero-order valence-electron chi connectivity index (χ0n) is 12.0. The van der Waals surface area contributed by atoms with Gasteiger partial charge in [-0.2, -0.15) is 0 Å². The lowest BCUT2D eigenvalue weighted by atomic mass is 10.3. The molecule has 2 aromatic rings. The zero-order chi connectivity index (χ0) is 14.0. The lowest BCUT2D eigenvalue weighted by molar-refractivity contribution is 0.318. The van der Waals surface area contributed by atoms with Crippen molar-refractivity contribution in [3.63, 3.8) is 0 Å². The number of hydrogen-bond acceptors (Lipinski definition) is 4. The van der Waals surface area contributed by atoms with Crippen LogP contribution in [0, 0.1) is 0 Å². The summed E-state index contributed by atoms with van der Waals surface area (Å²) in [5.74, 6) is 1.67. The lowest BCUT2D eigenvalue weighted by Crippen LogP contribution is -2.07. The molecule has 2 aromatic heterocycles. The highest BCUT2D eigenvalue weighted by Gasteiger charge is 2.03. The van der Waals surface area contributed by atoms with Crippen LogP contribution in [-0.4, -0.2) is 27.7 Å². The summed E-state index contributed by atoms with van der Waals surface area (Å²) in [7, 11) is 0. The Hall–Kier alpha value is -2.04. The van der Waals surface area contributed by atoms with E-state index in [9.17, 15) is 0 Å². The van der Waals surface area contributed by atoms with E-state index in [-0.39, 0.29) is 0 Å². The van der Waals surface area contributed by atoms with Crippen molar-refractivity contribution >= 4 is 5.82 Å². The van der Waals surface area contributed by atoms with Gasteiger partial charge in [-0.3, -0.25) is 0 Å². The van der Waals surface area contributed by atoms with Crippen LogP contribution < -0.4 is 10.1 Å². The molecule has 0 unspecified atom stereocenters. The largest absolute Gasteiger partial charge is 0.490 e. The molecule has 0 saturated carbocycles. The summed E-state index contributed by atoms with van der Waals surface area (Å²) in [6, 6.07) is 3.85. The maximum absolute atomic E-state index is 5.66. The molecule has 0 bridgehead atoms. The number of nitrogens with zero attached hydrogens (tertiary/aromatic N) is 3. The fraction of sp³-hybridized carbons (Fsp3) is 0.467. The lowest BCUT2D eigenvalue weighted by Gasteiger charge is -2.11. The van der Waals surface area contributed by atoms with Crippen LogP contribution in [0.4, 0.5) is 5.82 Å². The molecule has 5 nitrogen and oxygen atoms in total. The van der Waals surface area contributed by atoms with Gasteiger partial charge >= 0.3 is 0 Å². The van der Waals surface area contributed by atoms with Crippen molar-refractivity contribution < 1.29 is 4.74 Å². The summed E-state index contributed by atoms with van der Waals surface area (Å²) >= 11 is 0. The molecule has 1 N–H and O–H groups in total. The van der Waals surface area contributed by atoms with E-state index in [1.165, 1.54) is 0 Å². The second kappa shape index (κ2) is 8.19. The minimum atomic E-state index is 0.723. The highest BCUT2D eigenvalue weighted by Crippen LogP contribution is 2.20. The van der Waals surface area contributed by atoms with Gasteiger partial charge in [0.1, 0.15) is 0 Å². The molecule has 2 rings (SSSR count). The molecule has 0 spiro atoms. The number of aromatic nitrogens is 3. The number of anilines is 1. The molecule has 0 aliphatic carbocycles. The van der Waals surface area contributed by atoms with Crippen LogP contribution in [0.2, 0.25) is 0 Å². The Morgan fingerprint density at radius 2 is 2.25 bits per heavy atom. The van der Waals surface area contributed by atoms with E-state index in [1.807, 2.05) is 30.9 Å². The number of imidazole rings is 1. The monoisotopic (exact) mass is 274 g/mol. The molecule has 0 radical (unpaired) electrons. The van der Waals surface area contributed by atoms with Gasteiger partial charge < -0.3 is 14.6 Å². The molecule has 108 valence electrons. The Morgan fingerprint density at radius 1 is 1.30 bits per heavy atom. The van der Waals surface area contributed by atoms with E-state index >= 15 is 0 Å². The Kier molecular flexibility index (Phi) is 5.89. The van der Waals surface area contributed by atoms with Gasteiger partial charge in [0, 0.05) is 31.7 Å². The summed E-state index contributed by atoms with van der Waals surface area (Å²) < 4.78 is 7.76. The van der Waals surface area contributed by atoms with Gasteiger partial charge in [-0.1, -0.05) is 6.92 Å². The van der Waals surface area contributed by atoms with Gasteiger partial charge in [-0.15, -0.1) is 0 Å². The third kappa shape index (κ3) is 4.57. The van der Waals surface area contributed by atoms with Gasteiger partial charge in [0.2, 0.25) is 0 Å². The van der Waals surface area contributed by atoms with Crippen LogP contribution in [0.3, 0.4) is 0 Å². The Balaban J connectivity index is 1.70. The standard InChI is InChI=1S/C15H22N4O/c1-2-12-20-14-6-5-8-18-15(14)17-7-3-4-10-19-11-9-16-13-19/h5-6,8-9,11,13H,2-4,7,10,12H2,1H3,(H,17,18). The normalized spacial score (nSPS) is 10.4. The van der Waals surface area contributed by atoms with Gasteiger partial charge in [0.15, 0.2) is 11.6 Å². The quantitative estimate of drug-likeness (QED) is 0.714. The van der Waals surface area contributed by atoms with Gasteiger partial charge in [0.25, 0.3) is 0 Å². The minimum absolute atomic E-state index is 0.723. The van der Waals surface area contributed by atoms with E-state index in [1.54, 1.807) is 6.20 Å². The van der Waals surface area contributed by atoms with Crippen molar-refractivity contribution in [2.24, 2.45) is 0 Å². The van der Waals surface area contributed by atoms with Gasteiger partial charge in [-0.25, -0.2) is 9.97 Å². The number of aryl methyl sites for hydroxylation is 1. The Morgan fingerprint density at radius 3 is 3.05 bits per heavy atom. The van der Waals surface area contributed by atoms with Crippen LogP contribution in [0.1, 0.15) is 26.2 Å². The maximum atomic E-state index is 5.66. The maximum Gasteiger partial charge on any atom is 0.168 e. The highest BCUT2D eigenvalue weighted by molar-refractivity contribution is 5.49. The second-order valence-corrected chi connectivity index (χ2v) is 4.63. The summed E-state index contributed by atoms with van der Waals surface area (Å²) in [5.41, 5.74) is 0. The number of unbranched alkanes of at least 4 members (excludes halogenated alkanes) is 1. The molecule has 0 aromatic carbocycles. The van der Waals surface area contributed by atoms with Crippen molar-refractivity contribution in [3.05, 3.63) is 37.1 Å². The van der Waals surface area contributed by atoms with Crippen LogP contribution in [0.5, 0.6) is 5.75 Å². The topological polar surface area (TPSA) is 52.0 Å². The first-order valence-corrected chi connectivity index (χ1v) is 7.17. The third-order valence-corrected chi connectivity index (χ3v) is 2.93. The van der Waals surface area contributed by atoms with Crippen LogP contribution >= 0.6 is 0 Å². The SMILES string of the molecule is CCCOc1cccnc1NCCCCn1ccnc1. The molecule has 5 heteroatoms. The predicted molar refractivity (Wildman–Crippen MR) is 80.0 cm³/mol. The van der Waals surface area contributed by atoms with Gasteiger partial charge in [-0.05, 0) is 31.4 Å². The summed E-state index contributed by atoms with van der Waals surface area (Å²) in [6.07, 6.45) is 10.6. The smallest absolute Gasteiger partial charge is 0.168 e. The van der Waals surface area contributed by atoms with Crippen molar-refractivity contribution in [2.75, 3.05) is 18.5 Å². The average Bonchev–Trinajstić information content (AvgIpc) is 2.99. The van der Waals surface area contributed by atoms with E-state index in [4.69, 9.17) is 4.74 Å². The first kappa shape index (κ1) is 14.4. The van der Waals surface area contributed by atoms with E-state index in [0.29, 0.717) is 0 Å². The number of ether oxygens (including phenoxy) is 1. The summed E-state index contributed by atoms with van der Waals surface area (Å²) in [4.78, 5) is 8.36. The van der Waals surface area contributed by atoms with Crippen LogP contribution in [0.15, 0.2) is 37.1 Å². The molecule has 0 saturated heterocycles. The predicted octanol–water partition coefficient (Wildman–Crippen LogP) is 2.96. The van der Waals surface area contributed by atoms with E-state index in [2.05, 4.69) is 26.8 Å². The number of hydrogen-bond donors (Lipinski definition) is 1. The van der Waals surface area contributed by atoms with E-state index in [0.717, 1.165) is 50.5 Å². The fourth-order valence-corrected chi connectivity index (χ4v) is 1.90. The molecular weight excluding hydrogens is 252 g/mol. The number of pyridine rings is 1. The van der Waals surface area contributed by atoms with Crippen molar-refractivity contribution in [2.45, 2.75) is 32.7 Å². The molecule has 0 amide bonds. The number of rotatable bonds is 9. The van der Waals surface area contributed by atoms with E-state index < -0.39 is 0 Å². The molecule has 0 aliphatic heterocycles. The van der Waals surface area contributed by atoms with Crippen LogP contribution in [0.25, 0.3) is 0 Å². The minimum Gasteiger partial charge on any atom is -0.490 e. The Bertz CT molecular complexity index is 484. The first-order chi connectivity index (χ1) is 9.90. The molecule has 20 heavy (non-hydrogen) atoms. The molecular formula is C15H22N4O. The van der Waals surface area contributed by atoms with Crippen LogP contribution in [-0.2, 0) is 6.54 Å². The highest BCUT2D eigenvalue weighted by atomic mass is 16.5. The number of nitrogens with one attached hydrogen (secondary N) is 1. The second-order valence-electron chi connectivity index (χ2n) is 4.63.